The van der Waals surface area contributed by atoms with Crippen LogP contribution < -0.4 is 5.73 Å². The van der Waals surface area contributed by atoms with E-state index in [0.29, 0.717) is 42.5 Å². The zero-order valence-corrected chi connectivity index (χ0v) is 19.5. The highest BCUT2D eigenvalue weighted by molar-refractivity contribution is 9.10. The van der Waals surface area contributed by atoms with E-state index in [1.165, 1.54) is 23.0 Å². The molecular weight excluding hydrogens is 496 g/mol. The summed E-state index contributed by atoms with van der Waals surface area (Å²) in [4.78, 5) is 26.9. The molecule has 0 radical (unpaired) electrons. The van der Waals surface area contributed by atoms with E-state index in [0.717, 1.165) is 44.8 Å². The van der Waals surface area contributed by atoms with Crippen molar-refractivity contribution in [3.05, 3.63) is 35.3 Å². The highest BCUT2D eigenvalue weighted by atomic mass is 79.9. The second kappa shape index (κ2) is 8.62. The lowest BCUT2D eigenvalue weighted by molar-refractivity contribution is 0.122. The van der Waals surface area contributed by atoms with Gasteiger partial charge in [0.1, 0.15) is 11.9 Å². The summed E-state index contributed by atoms with van der Waals surface area (Å²) in [5, 5.41) is 11.0. The van der Waals surface area contributed by atoms with Gasteiger partial charge in [0, 0.05) is 34.4 Å². The Bertz CT molecular complexity index is 1300. The third-order valence-corrected chi connectivity index (χ3v) is 7.85. The van der Waals surface area contributed by atoms with Crippen LogP contribution in [0.5, 0.6) is 0 Å². The van der Waals surface area contributed by atoms with E-state index in [4.69, 9.17) is 15.1 Å². The SMILES string of the molecule is Nc1ncnc2c1nc(Sc1cc3occc3cc1Br)n2CCC1CCN(C(=O)O)CC1. The van der Waals surface area contributed by atoms with Gasteiger partial charge in [-0.3, -0.25) is 0 Å². The number of carboxylic acid groups (broad SMARTS) is 1. The third kappa shape index (κ3) is 4.02. The quantitative estimate of drug-likeness (QED) is 0.385. The summed E-state index contributed by atoms with van der Waals surface area (Å²) < 4.78 is 8.60. The number of furan rings is 1. The van der Waals surface area contributed by atoms with Crippen LogP contribution in [0.15, 0.2) is 49.7 Å². The lowest BCUT2D eigenvalue weighted by atomic mass is 9.94. The van der Waals surface area contributed by atoms with Gasteiger partial charge >= 0.3 is 6.09 Å². The van der Waals surface area contributed by atoms with Gasteiger partial charge in [0.2, 0.25) is 0 Å². The second-order valence-electron chi connectivity index (χ2n) is 7.82. The molecule has 0 spiro atoms. The molecule has 5 rings (SSSR count). The molecule has 1 amide bonds. The van der Waals surface area contributed by atoms with Gasteiger partial charge in [0.25, 0.3) is 0 Å². The second-order valence-corrected chi connectivity index (χ2v) is 9.69. The lowest BCUT2D eigenvalue weighted by Gasteiger charge is -2.30. The molecule has 0 unspecified atom stereocenters. The number of carbonyl (C=O) groups is 1. The predicted molar refractivity (Wildman–Crippen MR) is 125 cm³/mol. The summed E-state index contributed by atoms with van der Waals surface area (Å²) in [6.45, 7) is 1.88. The first-order valence-corrected chi connectivity index (χ1v) is 11.9. The topological polar surface area (TPSA) is 123 Å². The predicted octanol–water partition coefficient (Wildman–Crippen LogP) is 4.85. The summed E-state index contributed by atoms with van der Waals surface area (Å²) in [5.41, 5.74) is 8.19. The highest BCUT2D eigenvalue weighted by Crippen LogP contribution is 2.38. The number of anilines is 1. The molecule has 1 aromatic carbocycles. The molecular formula is C21H21BrN6O3S. The largest absolute Gasteiger partial charge is 0.465 e. The number of rotatable bonds is 5. The molecule has 1 fully saturated rings. The molecule has 4 aromatic rings. The Morgan fingerprint density at radius 1 is 1.31 bits per heavy atom. The van der Waals surface area contributed by atoms with Gasteiger partial charge in [0.05, 0.1) is 6.26 Å². The Morgan fingerprint density at radius 2 is 2.12 bits per heavy atom. The molecule has 4 heterocycles. The molecule has 1 aliphatic rings. The Hall–Kier alpha value is -2.79. The number of imidazole rings is 1. The lowest BCUT2D eigenvalue weighted by Crippen LogP contribution is -2.37. The van der Waals surface area contributed by atoms with Crippen molar-refractivity contribution >= 4 is 61.7 Å². The monoisotopic (exact) mass is 516 g/mol. The number of nitrogen functional groups attached to an aromatic ring is 1. The molecule has 11 heteroatoms. The zero-order chi connectivity index (χ0) is 22.2. The number of benzene rings is 1. The minimum atomic E-state index is -0.839. The maximum Gasteiger partial charge on any atom is 0.407 e. The molecule has 9 nitrogen and oxygen atoms in total. The number of likely N-dealkylation sites (tertiary alicyclic amines) is 1. The standard InChI is InChI=1S/C21H21BrN6O3S/c22-14-9-13-4-8-31-15(13)10-16(14)32-20-26-17-18(23)24-11-25-19(17)28(20)7-3-12-1-5-27(6-2-12)21(29)30/h4,8-12H,1-3,5-7H2,(H,29,30)(H2,23,24,25). The summed E-state index contributed by atoms with van der Waals surface area (Å²) in [7, 11) is 0. The maximum atomic E-state index is 11.2. The molecule has 0 aliphatic carbocycles. The van der Waals surface area contributed by atoms with Crippen LogP contribution in [-0.4, -0.2) is 48.7 Å². The summed E-state index contributed by atoms with van der Waals surface area (Å²) >= 11 is 5.18. The number of fused-ring (bicyclic) bond motifs is 2. The van der Waals surface area contributed by atoms with Crippen molar-refractivity contribution in [1.29, 1.82) is 0 Å². The number of amides is 1. The Morgan fingerprint density at radius 3 is 2.91 bits per heavy atom. The maximum absolute atomic E-state index is 11.2. The highest BCUT2D eigenvalue weighted by Gasteiger charge is 2.24. The molecule has 32 heavy (non-hydrogen) atoms. The van der Waals surface area contributed by atoms with Gasteiger partial charge in [-0.05, 0) is 59.3 Å². The van der Waals surface area contributed by atoms with Crippen LogP contribution in [-0.2, 0) is 6.54 Å². The summed E-state index contributed by atoms with van der Waals surface area (Å²) in [6.07, 6.45) is 4.93. The molecule has 3 N–H and O–H groups in total. The van der Waals surface area contributed by atoms with Gasteiger partial charge in [-0.25, -0.2) is 19.7 Å². The first-order valence-electron chi connectivity index (χ1n) is 10.3. The van der Waals surface area contributed by atoms with Gasteiger partial charge in [-0.15, -0.1) is 0 Å². The van der Waals surface area contributed by atoms with E-state index >= 15 is 0 Å². The molecule has 166 valence electrons. The Balaban J connectivity index is 1.42. The van der Waals surface area contributed by atoms with E-state index < -0.39 is 6.09 Å². The van der Waals surface area contributed by atoms with Crippen LogP contribution in [0.3, 0.4) is 0 Å². The van der Waals surface area contributed by atoms with E-state index in [2.05, 4.69) is 30.5 Å². The van der Waals surface area contributed by atoms with Crippen molar-refractivity contribution < 1.29 is 14.3 Å². The fraction of sp³-hybridized carbons (Fsp3) is 0.333. The van der Waals surface area contributed by atoms with Crippen LogP contribution in [0, 0.1) is 5.92 Å². The van der Waals surface area contributed by atoms with Gasteiger partial charge in [-0.1, -0.05) is 11.8 Å². The van der Waals surface area contributed by atoms with Gasteiger partial charge < -0.3 is 24.7 Å². The number of aromatic nitrogens is 4. The van der Waals surface area contributed by atoms with Crippen molar-refractivity contribution in [2.24, 2.45) is 5.92 Å². The molecule has 1 saturated heterocycles. The van der Waals surface area contributed by atoms with Crippen LogP contribution in [0.25, 0.3) is 22.1 Å². The summed E-state index contributed by atoms with van der Waals surface area (Å²) in [6, 6.07) is 5.94. The van der Waals surface area contributed by atoms with Crippen molar-refractivity contribution in [3.63, 3.8) is 0 Å². The van der Waals surface area contributed by atoms with Gasteiger partial charge in [-0.2, -0.15) is 0 Å². The number of hydrogen-bond acceptors (Lipinski definition) is 7. The number of nitrogens with zero attached hydrogens (tertiary/aromatic N) is 5. The first kappa shape index (κ1) is 21.1. The van der Waals surface area contributed by atoms with Crippen molar-refractivity contribution in [2.75, 3.05) is 18.8 Å². The normalized spacial score (nSPS) is 15.1. The van der Waals surface area contributed by atoms with Crippen molar-refractivity contribution in [1.82, 2.24) is 24.4 Å². The zero-order valence-electron chi connectivity index (χ0n) is 17.1. The average molecular weight is 517 g/mol. The minimum absolute atomic E-state index is 0.353. The minimum Gasteiger partial charge on any atom is -0.465 e. The molecule has 3 aromatic heterocycles. The molecule has 1 aliphatic heterocycles. The van der Waals surface area contributed by atoms with Crippen molar-refractivity contribution in [3.8, 4) is 0 Å². The summed E-state index contributed by atoms with van der Waals surface area (Å²) in [5.74, 6) is 0.803. The van der Waals surface area contributed by atoms with E-state index in [1.807, 2.05) is 18.2 Å². The number of piperidine rings is 1. The smallest absolute Gasteiger partial charge is 0.407 e. The third-order valence-electron chi connectivity index (χ3n) is 5.88. The molecule has 0 saturated carbocycles. The van der Waals surface area contributed by atoms with E-state index in [-0.39, 0.29) is 0 Å². The average Bonchev–Trinajstić information content (AvgIpc) is 3.37. The number of aryl methyl sites for hydroxylation is 1. The van der Waals surface area contributed by atoms with Crippen molar-refractivity contribution in [2.45, 2.75) is 35.9 Å². The molecule has 0 atom stereocenters. The Labute approximate surface area is 196 Å². The first-order chi connectivity index (χ1) is 15.5. The fourth-order valence-electron chi connectivity index (χ4n) is 4.08. The fourth-order valence-corrected chi connectivity index (χ4v) is 5.63. The Kier molecular flexibility index (Phi) is 5.68. The van der Waals surface area contributed by atoms with E-state index in [9.17, 15) is 9.90 Å². The van der Waals surface area contributed by atoms with Crippen LogP contribution in [0.2, 0.25) is 0 Å². The van der Waals surface area contributed by atoms with Crippen LogP contribution in [0.4, 0.5) is 10.6 Å². The number of hydrogen-bond donors (Lipinski definition) is 2. The number of nitrogens with two attached hydrogens (primary N) is 1. The van der Waals surface area contributed by atoms with E-state index in [1.54, 1.807) is 6.26 Å². The van der Waals surface area contributed by atoms with Gasteiger partial charge in [0.15, 0.2) is 22.1 Å². The molecule has 0 bridgehead atoms. The number of halogens is 1. The van der Waals surface area contributed by atoms with Crippen LogP contribution >= 0.6 is 27.7 Å². The van der Waals surface area contributed by atoms with Crippen LogP contribution in [0.1, 0.15) is 19.3 Å².